The van der Waals surface area contributed by atoms with Gasteiger partial charge in [-0.15, -0.1) is 0 Å². The Morgan fingerprint density at radius 2 is 2.00 bits per heavy atom. The predicted octanol–water partition coefficient (Wildman–Crippen LogP) is 1.90. The maximum Gasteiger partial charge on any atom is 0.264 e. The quantitative estimate of drug-likeness (QED) is 0.853. The first-order chi connectivity index (χ1) is 8.56. The predicted molar refractivity (Wildman–Crippen MR) is 78.5 cm³/mol. The molecular weight excluding hydrogens is 343 g/mol. The van der Waals surface area contributed by atoms with Crippen LogP contribution < -0.4 is 5.56 Å². The van der Waals surface area contributed by atoms with Crippen LogP contribution in [0.25, 0.3) is 11.4 Å². The van der Waals surface area contributed by atoms with E-state index in [4.69, 9.17) is 0 Å². The highest BCUT2D eigenvalue weighted by atomic mass is 127. The Morgan fingerprint density at radius 1 is 1.33 bits per heavy atom. The van der Waals surface area contributed by atoms with Crippen LogP contribution in [0.4, 0.5) is 0 Å². The number of nitrogens with one attached hydrogen (secondary N) is 1. The summed E-state index contributed by atoms with van der Waals surface area (Å²) in [6, 6.07) is 0. The van der Waals surface area contributed by atoms with E-state index in [1.54, 1.807) is 4.68 Å². The number of nitrogens with zero attached hydrogens (tertiary/aromatic N) is 3. The van der Waals surface area contributed by atoms with Crippen LogP contribution in [0.3, 0.4) is 0 Å². The number of aromatic amines is 1. The van der Waals surface area contributed by atoms with Gasteiger partial charge in [0.05, 0.1) is 20.5 Å². The van der Waals surface area contributed by atoms with Gasteiger partial charge in [-0.3, -0.25) is 9.48 Å². The zero-order valence-corrected chi connectivity index (χ0v) is 12.8. The minimum atomic E-state index is -0.0802. The Hall–Kier alpha value is -1.18. The molecule has 0 spiro atoms. The lowest BCUT2D eigenvalue weighted by Crippen LogP contribution is -2.16. The maximum absolute atomic E-state index is 11.9. The number of aromatic nitrogens is 4. The first-order valence-corrected chi connectivity index (χ1v) is 6.96. The monoisotopic (exact) mass is 358 g/mol. The molecule has 0 saturated carbocycles. The Morgan fingerprint density at radius 3 is 2.61 bits per heavy atom. The van der Waals surface area contributed by atoms with E-state index in [1.807, 2.05) is 49.7 Å². The van der Waals surface area contributed by atoms with Crippen molar-refractivity contribution in [1.82, 2.24) is 19.7 Å². The largest absolute Gasteiger partial charge is 0.305 e. The zero-order valence-electron chi connectivity index (χ0n) is 10.6. The van der Waals surface area contributed by atoms with Gasteiger partial charge >= 0.3 is 0 Å². The first kappa shape index (κ1) is 13.3. The second-order valence-corrected chi connectivity index (χ2v) is 5.12. The van der Waals surface area contributed by atoms with Crippen molar-refractivity contribution in [3.63, 3.8) is 0 Å². The molecule has 6 heteroatoms. The van der Waals surface area contributed by atoms with E-state index < -0.39 is 0 Å². The van der Waals surface area contributed by atoms with Crippen molar-refractivity contribution in [3.8, 4) is 11.4 Å². The van der Waals surface area contributed by atoms with E-state index in [-0.39, 0.29) is 5.56 Å². The Labute approximate surface area is 119 Å². The SMILES string of the molecule is CCc1nn(C)cc1-c1nc(CC)c(I)c(=O)[nH]1. The summed E-state index contributed by atoms with van der Waals surface area (Å²) in [4.78, 5) is 19.2. The van der Waals surface area contributed by atoms with Crippen LogP contribution in [-0.2, 0) is 19.9 Å². The van der Waals surface area contributed by atoms with Gasteiger partial charge < -0.3 is 4.98 Å². The van der Waals surface area contributed by atoms with E-state index in [2.05, 4.69) is 15.1 Å². The van der Waals surface area contributed by atoms with Gasteiger partial charge in [0.15, 0.2) is 0 Å². The Balaban J connectivity index is 2.64. The molecule has 0 aliphatic carbocycles. The number of hydrogen-bond acceptors (Lipinski definition) is 3. The fourth-order valence-electron chi connectivity index (χ4n) is 1.86. The minimum Gasteiger partial charge on any atom is -0.305 e. The topological polar surface area (TPSA) is 63.6 Å². The molecule has 2 heterocycles. The van der Waals surface area contributed by atoms with Crippen molar-refractivity contribution in [2.45, 2.75) is 26.7 Å². The molecule has 0 aliphatic rings. The summed E-state index contributed by atoms with van der Waals surface area (Å²) in [5.74, 6) is 0.613. The average molecular weight is 358 g/mol. The molecule has 0 saturated heterocycles. The summed E-state index contributed by atoms with van der Waals surface area (Å²) in [7, 11) is 1.87. The van der Waals surface area contributed by atoms with E-state index >= 15 is 0 Å². The second kappa shape index (κ2) is 5.21. The molecule has 18 heavy (non-hydrogen) atoms. The fourth-order valence-corrected chi connectivity index (χ4v) is 2.50. The fraction of sp³-hybridized carbons (Fsp3) is 0.417. The lowest BCUT2D eigenvalue weighted by Gasteiger charge is -2.04. The molecule has 1 N–H and O–H groups in total. The number of H-pyrrole nitrogens is 1. The molecule has 0 radical (unpaired) electrons. The highest BCUT2D eigenvalue weighted by Crippen LogP contribution is 2.19. The van der Waals surface area contributed by atoms with Crippen molar-refractivity contribution in [1.29, 1.82) is 0 Å². The summed E-state index contributed by atoms with van der Waals surface area (Å²) in [5, 5.41) is 4.37. The molecule has 2 rings (SSSR count). The molecule has 5 nitrogen and oxygen atoms in total. The van der Waals surface area contributed by atoms with Crippen LogP contribution in [0, 0.1) is 3.57 Å². The summed E-state index contributed by atoms with van der Waals surface area (Å²) < 4.78 is 2.42. The molecule has 2 aromatic heterocycles. The molecule has 0 aromatic carbocycles. The molecule has 0 atom stereocenters. The highest BCUT2D eigenvalue weighted by Gasteiger charge is 2.13. The van der Waals surface area contributed by atoms with Crippen LogP contribution in [0.5, 0.6) is 0 Å². The van der Waals surface area contributed by atoms with Crippen molar-refractivity contribution in [2.75, 3.05) is 0 Å². The number of aryl methyl sites for hydroxylation is 3. The summed E-state index contributed by atoms with van der Waals surface area (Å²) in [5.41, 5.74) is 2.61. The summed E-state index contributed by atoms with van der Waals surface area (Å²) in [6.45, 7) is 4.04. The summed E-state index contributed by atoms with van der Waals surface area (Å²) in [6.07, 6.45) is 3.45. The molecule has 2 aromatic rings. The molecule has 0 aliphatic heterocycles. The normalized spacial score (nSPS) is 10.9. The number of halogens is 1. The van der Waals surface area contributed by atoms with Crippen LogP contribution in [0.2, 0.25) is 0 Å². The lowest BCUT2D eigenvalue weighted by molar-refractivity contribution is 0.746. The highest BCUT2D eigenvalue weighted by molar-refractivity contribution is 14.1. The average Bonchev–Trinajstić information content (AvgIpc) is 2.73. The Kier molecular flexibility index (Phi) is 3.84. The molecule has 0 unspecified atom stereocenters. The van der Waals surface area contributed by atoms with Crippen LogP contribution in [-0.4, -0.2) is 19.7 Å². The minimum absolute atomic E-state index is 0.0802. The van der Waals surface area contributed by atoms with Gasteiger partial charge in [-0.1, -0.05) is 13.8 Å². The van der Waals surface area contributed by atoms with E-state index in [1.165, 1.54) is 0 Å². The zero-order chi connectivity index (χ0) is 13.3. The van der Waals surface area contributed by atoms with Gasteiger partial charge in [0.1, 0.15) is 5.82 Å². The molecule has 96 valence electrons. The Bertz CT molecular complexity index is 629. The number of hydrogen-bond donors (Lipinski definition) is 1. The van der Waals surface area contributed by atoms with Gasteiger partial charge in [0, 0.05) is 13.2 Å². The van der Waals surface area contributed by atoms with Gasteiger partial charge in [0.25, 0.3) is 5.56 Å². The standard InChI is InChI=1S/C12H15IN4O/c1-4-8-7(6-17(3)16-8)11-14-9(5-2)10(13)12(18)15-11/h6H,4-5H2,1-3H3,(H,14,15,18). The van der Waals surface area contributed by atoms with Crippen molar-refractivity contribution < 1.29 is 0 Å². The van der Waals surface area contributed by atoms with E-state index in [0.717, 1.165) is 29.8 Å². The van der Waals surface area contributed by atoms with E-state index in [0.29, 0.717) is 9.39 Å². The molecule has 0 amide bonds. The summed E-state index contributed by atoms with van der Waals surface area (Å²) >= 11 is 2.04. The lowest BCUT2D eigenvalue weighted by atomic mass is 10.2. The van der Waals surface area contributed by atoms with Crippen molar-refractivity contribution in [3.05, 3.63) is 31.5 Å². The van der Waals surface area contributed by atoms with Crippen LogP contribution in [0.15, 0.2) is 11.0 Å². The third-order valence-corrected chi connectivity index (χ3v) is 3.87. The first-order valence-electron chi connectivity index (χ1n) is 5.88. The van der Waals surface area contributed by atoms with E-state index in [9.17, 15) is 4.79 Å². The van der Waals surface area contributed by atoms with Gasteiger partial charge in [-0.2, -0.15) is 5.10 Å². The maximum atomic E-state index is 11.9. The molecule has 0 fully saturated rings. The molecule has 0 bridgehead atoms. The second-order valence-electron chi connectivity index (χ2n) is 4.05. The van der Waals surface area contributed by atoms with Crippen molar-refractivity contribution in [2.24, 2.45) is 7.05 Å². The van der Waals surface area contributed by atoms with Gasteiger partial charge in [0.2, 0.25) is 0 Å². The number of rotatable bonds is 3. The van der Waals surface area contributed by atoms with Crippen molar-refractivity contribution >= 4 is 22.6 Å². The van der Waals surface area contributed by atoms with Gasteiger partial charge in [-0.25, -0.2) is 4.98 Å². The van der Waals surface area contributed by atoms with Crippen LogP contribution in [0.1, 0.15) is 25.2 Å². The third-order valence-electron chi connectivity index (χ3n) is 2.76. The van der Waals surface area contributed by atoms with Crippen LogP contribution >= 0.6 is 22.6 Å². The third kappa shape index (κ3) is 2.33. The molecular formula is C12H15IN4O. The smallest absolute Gasteiger partial charge is 0.264 e. The van der Waals surface area contributed by atoms with Gasteiger partial charge in [-0.05, 0) is 35.4 Å².